The summed E-state index contributed by atoms with van der Waals surface area (Å²) in [5.74, 6) is 0.689. The zero-order valence-corrected chi connectivity index (χ0v) is 10.8. The number of aromatic amines is 1. The van der Waals surface area contributed by atoms with Gasteiger partial charge < -0.3 is 4.98 Å². The number of aromatic nitrogens is 4. The minimum Gasteiger partial charge on any atom is -0.310 e. The van der Waals surface area contributed by atoms with Crippen molar-refractivity contribution >= 4 is 0 Å². The quantitative estimate of drug-likeness (QED) is 0.844. The number of nitrogens with one attached hydrogen (secondary N) is 1. The number of fused-ring (bicyclic) bond motifs is 1. The first-order valence-corrected chi connectivity index (χ1v) is 6.27. The fraction of sp³-hybridized carbons (Fsp3) is 0.385. The molecule has 6 heteroatoms. The molecule has 0 spiro atoms. The predicted molar refractivity (Wildman–Crippen MR) is 69.4 cm³/mol. The third-order valence-corrected chi connectivity index (χ3v) is 3.29. The van der Waals surface area contributed by atoms with Crippen LogP contribution in [0.15, 0.2) is 23.5 Å². The molecule has 0 aliphatic carbocycles. The van der Waals surface area contributed by atoms with Crippen molar-refractivity contribution in [3.05, 3.63) is 51.7 Å². The lowest BCUT2D eigenvalue weighted by molar-refractivity contribution is 0.241. The van der Waals surface area contributed by atoms with Crippen molar-refractivity contribution in [1.29, 1.82) is 0 Å². The lowest BCUT2D eigenvalue weighted by Gasteiger charge is -2.27. The summed E-state index contributed by atoms with van der Waals surface area (Å²) in [6.07, 6.45) is 5.94. The third kappa shape index (κ3) is 2.53. The van der Waals surface area contributed by atoms with E-state index in [0.29, 0.717) is 12.4 Å². The Labute approximate surface area is 110 Å². The van der Waals surface area contributed by atoms with Crippen molar-refractivity contribution in [3.8, 4) is 0 Å². The van der Waals surface area contributed by atoms with Crippen LogP contribution in [-0.2, 0) is 19.5 Å². The third-order valence-electron chi connectivity index (χ3n) is 3.29. The highest BCUT2D eigenvalue weighted by Gasteiger charge is 2.20. The van der Waals surface area contributed by atoms with E-state index in [1.165, 1.54) is 6.33 Å². The molecule has 1 aliphatic heterocycles. The van der Waals surface area contributed by atoms with Crippen LogP contribution in [0.2, 0.25) is 0 Å². The summed E-state index contributed by atoms with van der Waals surface area (Å²) in [4.78, 5) is 29.3. The van der Waals surface area contributed by atoms with Gasteiger partial charge in [0.05, 0.1) is 11.3 Å². The molecule has 1 aliphatic rings. The molecule has 1 N–H and O–H groups in total. The Kier molecular flexibility index (Phi) is 3.08. The zero-order chi connectivity index (χ0) is 13.2. The second-order valence-corrected chi connectivity index (χ2v) is 4.78. The fourth-order valence-corrected chi connectivity index (χ4v) is 2.41. The number of hydrogen-bond donors (Lipinski definition) is 1. The maximum atomic E-state index is 11.9. The van der Waals surface area contributed by atoms with Crippen molar-refractivity contribution in [1.82, 2.24) is 24.8 Å². The van der Waals surface area contributed by atoms with Crippen LogP contribution >= 0.6 is 0 Å². The second-order valence-electron chi connectivity index (χ2n) is 4.78. The molecule has 0 unspecified atom stereocenters. The number of H-pyrrole nitrogens is 1. The van der Waals surface area contributed by atoms with Gasteiger partial charge in [-0.05, 0) is 6.92 Å². The molecule has 3 heterocycles. The highest BCUT2D eigenvalue weighted by Crippen LogP contribution is 2.15. The van der Waals surface area contributed by atoms with Crippen molar-refractivity contribution in [2.24, 2.45) is 0 Å². The van der Waals surface area contributed by atoms with Gasteiger partial charge >= 0.3 is 0 Å². The zero-order valence-electron chi connectivity index (χ0n) is 10.8. The van der Waals surface area contributed by atoms with Gasteiger partial charge in [0, 0.05) is 44.0 Å². The molecule has 2 aromatic heterocycles. The van der Waals surface area contributed by atoms with E-state index >= 15 is 0 Å². The molecule has 6 nitrogen and oxygen atoms in total. The molecule has 0 saturated carbocycles. The van der Waals surface area contributed by atoms with Crippen molar-refractivity contribution < 1.29 is 0 Å². The lowest BCUT2D eigenvalue weighted by atomic mass is 10.1. The SMILES string of the molecule is Cc1nc2c(c(=O)[nH]1)CN(Cc1cncnc1)CC2. The van der Waals surface area contributed by atoms with E-state index in [0.717, 1.165) is 36.3 Å². The van der Waals surface area contributed by atoms with Crippen LogP contribution in [0.25, 0.3) is 0 Å². The van der Waals surface area contributed by atoms with Crippen LogP contribution in [0.3, 0.4) is 0 Å². The fourth-order valence-electron chi connectivity index (χ4n) is 2.41. The second kappa shape index (κ2) is 4.89. The van der Waals surface area contributed by atoms with Gasteiger partial charge in [-0.3, -0.25) is 9.69 Å². The molecule has 3 rings (SSSR count). The summed E-state index contributed by atoms with van der Waals surface area (Å²) in [6, 6.07) is 0. The van der Waals surface area contributed by atoms with Crippen LogP contribution in [0, 0.1) is 6.92 Å². The lowest BCUT2D eigenvalue weighted by Crippen LogP contribution is -2.35. The molecule has 0 saturated heterocycles. The van der Waals surface area contributed by atoms with Crippen LogP contribution in [0.5, 0.6) is 0 Å². The van der Waals surface area contributed by atoms with Gasteiger partial charge in [0.25, 0.3) is 5.56 Å². The standard InChI is InChI=1S/C13H15N5O/c1-9-16-12-2-3-18(7-11(12)13(19)17-9)6-10-4-14-8-15-5-10/h4-5,8H,2-3,6-7H2,1H3,(H,16,17,19). The Hall–Kier alpha value is -2.08. The number of aryl methyl sites for hydroxylation is 1. The normalized spacial score (nSPS) is 15.2. The summed E-state index contributed by atoms with van der Waals surface area (Å²) in [6.45, 7) is 4.10. The highest BCUT2D eigenvalue weighted by molar-refractivity contribution is 5.21. The Bertz CT molecular complexity index is 637. The van der Waals surface area contributed by atoms with E-state index in [1.54, 1.807) is 12.4 Å². The Morgan fingerprint density at radius 2 is 2.16 bits per heavy atom. The summed E-state index contributed by atoms with van der Waals surface area (Å²) in [5, 5.41) is 0. The minimum absolute atomic E-state index is 0.0171. The molecule has 0 amide bonds. The Morgan fingerprint density at radius 3 is 2.95 bits per heavy atom. The van der Waals surface area contributed by atoms with E-state index < -0.39 is 0 Å². The summed E-state index contributed by atoms with van der Waals surface area (Å²) in [7, 11) is 0. The van der Waals surface area contributed by atoms with Gasteiger partial charge in [0.2, 0.25) is 0 Å². The minimum atomic E-state index is -0.0171. The molecule has 19 heavy (non-hydrogen) atoms. The molecule has 0 atom stereocenters. The van der Waals surface area contributed by atoms with E-state index in [1.807, 2.05) is 6.92 Å². The average Bonchev–Trinajstić information content (AvgIpc) is 2.40. The van der Waals surface area contributed by atoms with E-state index in [-0.39, 0.29) is 5.56 Å². The topological polar surface area (TPSA) is 74.8 Å². The highest BCUT2D eigenvalue weighted by atomic mass is 16.1. The molecule has 0 radical (unpaired) electrons. The predicted octanol–water partition coefficient (Wildman–Crippen LogP) is 0.427. The van der Waals surface area contributed by atoms with Crippen molar-refractivity contribution in [2.45, 2.75) is 26.4 Å². The monoisotopic (exact) mass is 257 g/mol. The molecule has 0 fully saturated rings. The van der Waals surface area contributed by atoms with E-state index in [9.17, 15) is 4.79 Å². The van der Waals surface area contributed by atoms with Gasteiger partial charge in [-0.15, -0.1) is 0 Å². The van der Waals surface area contributed by atoms with Crippen molar-refractivity contribution in [2.75, 3.05) is 6.54 Å². The molecule has 98 valence electrons. The van der Waals surface area contributed by atoms with Gasteiger partial charge in [-0.25, -0.2) is 15.0 Å². The van der Waals surface area contributed by atoms with Gasteiger partial charge in [-0.2, -0.15) is 0 Å². The van der Waals surface area contributed by atoms with Crippen LogP contribution in [0.1, 0.15) is 22.6 Å². The molecular formula is C13H15N5O. The van der Waals surface area contributed by atoms with Crippen molar-refractivity contribution in [3.63, 3.8) is 0 Å². The van der Waals surface area contributed by atoms with E-state index in [4.69, 9.17) is 0 Å². The first-order valence-electron chi connectivity index (χ1n) is 6.27. The first-order chi connectivity index (χ1) is 9.22. The maximum Gasteiger partial charge on any atom is 0.255 e. The Balaban J connectivity index is 1.81. The van der Waals surface area contributed by atoms with E-state index in [2.05, 4.69) is 24.8 Å². The number of nitrogens with zero attached hydrogens (tertiary/aromatic N) is 4. The maximum absolute atomic E-state index is 11.9. The van der Waals surface area contributed by atoms with Gasteiger partial charge in [-0.1, -0.05) is 0 Å². The Morgan fingerprint density at radius 1 is 1.37 bits per heavy atom. The van der Waals surface area contributed by atoms with Gasteiger partial charge in [0.15, 0.2) is 0 Å². The largest absolute Gasteiger partial charge is 0.310 e. The smallest absolute Gasteiger partial charge is 0.255 e. The molecular weight excluding hydrogens is 242 g/mol. The van der Waals surface area contributed by atoms with Gasteiger partial charge in [0.1, 0.15) is 12.2 Å². The summed E-state index contributed by atoms with van der Waals surface area (Å²) >= 11 is 0. The molecule has 2 aromatic rings. The molecule has 0 bridgehead atoms. The summed E-state index contributed by atoms with van der Waals surface area (Å²) < 4.78 is 0. The molecule has 0 aromatic carbocycles. The number of rotatable bonds is 2. The van der Waals surface area contributed by atoms with Crippen LogP contribution in [0.4, 0.5) is 0 Å². The number of hydrogen-bond acceptors (Lipinski definition) is 5. The average molecular weight is 257 g/mol. The van der Waals surface area contributed by atoms with Crippen LogP contribution < -0.4 is 5.56 Å². The van der Waals surface area contributed by atoms with Crippen LogP contribution in [-0.4, -0.2) is 31.4 Å². The summed E-state index contributed by atoms with van der Waals surface area (Å²) in [5.41, 5.74) is 2.76. The first kappa shape index (κ1) is 12.0.